The molecule has 0 aliphatic heterocycles. The second-order valence-corrected chi connectivity index (χ2v) is 1.61. The van der Waals surface area contributed by atoms with E-state index in [-0.39, 0.29) is 12.6 Å². The van der Waals surface area contributed by atoms with Gasteiger partial charge < -0.3 is 10.8 Å². The number of nitrogens with one attached hydrogen (secondary N) is 1. The zero-order chi connectivity index (χ0) is 6.69. The maximum Gasteiger partial charge on any atom is 0.239 e. The number of aromatic nitrogens is 3. The quantitative estimate of drug-likeness (QED) is 0.472. The summed E-state index contributed by atoms with van der Waals surface area (Å²) in [6, 6.07) is 0. The van der Waals surface area contributed by atoms with Crippen molar-refractivity contribution in [2.24, 2.45) is 0 Å². The summed E-state index contributed by atoms with van der Waals surface area (Å²) in [6.07, 6.45) is 0.476. The van der Waals surface area contributed by atoms with E-state index in [9.17, 15) is 0 Å². The van der Waals surface area contributed by atoms with E-state index >= 15 is 0 Å². The average Bonchev–Trinajstić information content (AvgIpc) is 2.17. The van der Waals surface area contributed by atoms with E-state index in [0.29, 0.717) is 12.2 Å². The molecule has 0 saturated carbocycles. The van der Waals surface area contributed by atoms with Gasteiger partial charge in [0.1, 0.15) is 5.82 Å². The Balaban J connectivity index is 2.61. The fourth-order valence-electron chi connectivity index (χ4n) is 0.528. The average molecular weight is 128 g/mol. The molecule has 0 aliphatic rings. The fraction of sp³-hybridized carbons (Fsp3) is 0.500. The van der Waals surface area contributed by atoms with Crippen molar-refractivity contribution < 1.29 is 5.11 Å². The SMILES string of the molecule is Nc1n[nH]c(CCO)n1. The molecule has 0 saturated heterocycles. The minimum absolute atomic E-state index is 0.0641. The molecule has 0 aromatic carbocycles. The molecule has 0 radical (unpaired) electrons. The molecule has 1 aromatic heterocycles. The van der Waals surface area contributed by atoms with Crippen molar-refractivity contribution in [2.45, 2.75) is 6.42 Å². The molecule has 1 rings (SSSR count). The number of hydrogen-bond donors (Lipinski definition) is 3. The second kappa shape index (κ2) is 2.45. The number of anilines is 1. The van der Waals surface area contributed by atoms with Crippen LogP contribution in [0.5, 0.6) is 0 Å². The summed E-state index contributed by atoms with van der Waals surface area (Å²) >= 11 is 0. The molecule has 1 aromatic rings. The molecule has 5 nitrogen and oxygen atoms in total. The lowest BCUT2D eigenvalue weighted by atomic mass is 10.4. The Morgan fingerprint density at radius 2 is 2.44 bits per heavy atom. The summed E-state index contributed by atoms with van der Waals surface area (Å²) in [4.78, 5) is 3.75. The van der Waals surface area contributed by atoms with Crippen LogP contribution in [0.15, 0.2) is 0 Å². The number of nitrogen functional groups attached to an aromatic ring is 1. The van der Waals surface area contributed by atoms with Crippen LogP contribution in [-0.4, -0.2) is 26.9 Å². The van der Waals surface area contributed by atoms with Crippen molar-refractivity contribution in [3.8, 4) is 0 Å². The van der Waals surface area contributed by atoms with E-state index in [0.717, 1.165) is 0 Å². The number of H-pyrrole nitrogens is 1. The number of rotatable bonds is 2. The van der Waals surface area contributed by atoms with Crippen LogP contribution in [0, 0.1) is 0 Å². The lowest BCUT2D eigenvalue weighted by Crippen LogP contribution is -1.92. The molecule has 0 fully saturated rings. The van der Waals surface area contributed by atoms with E-state index in [1.54, 1.807) is 0 Å². The minimum Gasteiger partial charge on any atom is -0.396 e. The largest absolute Gasteiger partial charge is 0.396 e. The molecule has 1 heterocycles. The fourth-order valence-corrected chi connectivity index (χ4v) is 0.528. The molecule has 4 N–H and O–H groups in total. The van der Waals surface area contributed by atoms with Gasteiger partial charge in [0.2, 0.25) is 5.95 Å². The molecule has 50 valence electrons. The van der Waals surface area contributed by atoms with E-state index in [1.807, 2.05) is 0 Å². The predicted octanol–water partition coefficient (Wildman–Crippen LogP) is -1.08. The Morgan fingerprint density at radius 1 is 1.67 bits per heavy atom. The Hall–Kier alpha value is -1.10. The molecule has 0 amide bonds. The summed E-state index contributed by atoms with van der Waals surface area (Å²) in [7, 11) is 0. The van der Waals surface area contributed by atoms with Gasteiger partial charge in [0, 0.05) is 6.42 Å². The van der Waals surface area contributed by atoms with Gasteiger partial charge in [-0.05, 0) is 0 Å². The topological polar surface area (TPSA) is 87.8 Å². The van der Waals surface area contributed by atoms with Crippen LogP contribution in [0.2, 0.25) is 0 Å². The Morgan fingerprint density at radius 3 is 2.89 bits per heavy atom. The van der Waals surface area contributed by atoms with Crippen molar-refractivity contribution in [1.82, 2.24) is 15.2 Å². The zero-order valence-corrected chi connectivity index (χ0v) is 4.83. The van der Waals surface area contributed by atoms with Crippen molar-refractivity contribution in [2.75, 3.05) is 12.3 Å². The first-order valence-electron chi connectivity index (χ1n) is 2.60. The van der Waals surface area contributed by atoms with E-state index in [1.165, 1.54) is 0 Å². The number of nitrogens with two attached hydrogens (primary N) is 1. The molecule has 0 atom stereocenters. The third kappa shape index (κ3) is 1.39. The summed E-state index contributed by atoms with van der Waals surface area (Å²) < 4.78 is 0. The van der Waals surface area contributed by atoms with Gasteiger partial charge in [0.05, 0.1) is 6.61 Å². The van der Waals surface area contributed by atoms with Crippen LogP contribution in [0.3, 0.4) is 0 Å². The molecule has 5 heteroatoms. The standard InChI is InChI=1S/C4H8N4O/c5-4-6-3(1-2-9)7-8-4/h9H,1-2H2,(H3,5,6,7,8). The van der Waals surface area contributed by atoms with Gasteiger partial charge in [-0.2, -0.15) is 4.98 Å². The Labute approximate surface area is 51.9 Å². The highest BCUT2D eigenvalue weighted by atomic mass is 16.3. The van der Waals surface area contributed by atoms with Gasteiger partial charge in [-0.3, -0.25) is 5.10 Å². The van der Waals surface area contributed by atoms with E-state index in [2.05, 4.69) is 15.2 Å². The molecule has 0 bridgehead atoms. The molecule has 0 spiro atoms. The van der Waals surface area contributed by atoms with Crippen LogP contribution < -0.4 is 5.73 Å². The Kier molecular flexibility index (Phi) is 1.64. The molecule has 0 aliphatic carbocycles. The number of nitrogens with zero attached hydrogens (tertiary/aromatic N) is 2. The van der Waals surface area contributed by atoms with Gasteiger partial charge in [-0.1, -0.05) is 0 Å². The summed E-state index contributed by atoms with van der Waals surface area (Å²) in [6.45, 7) is 0.0641. The number of hydrogen-bond acceptors (Lipinski definition) is 4. The van der Waals surface area contributed by atoms with Crippen molar-refractivity contribution in [3.05, 3.63) is 5.82 Å². The van der Waals surface area contributed by atoms with Crippen LogP contribution in [0.1, 0.15) is 5.82 Å². The van der Waals surface area contributed by atoms with Crippen molar-refractivity contribution >= 4 is 5.95 Å². The van der Waals surface area contributed by atoms with E-state index < -0.39 is 0 Å². The number of aromatic amines is 1. The smallest absolute Gasteiger partial charge is 0.239 e. The first kappa shape index (κ1) is 6.03. The maximum absolute atomic E-state index is 8.40. The molecular formula is C4H8N4O. The zero-order valence-electron chi connectivity index (χ0n) is 4.83. The van der Waals surface area contributed by atoms with Gasteiger partial charge in [0.25, 0.3) is 0 Å². The van der Waals surface area contributed by atoms with Gasteiger partial charge >= 0.3 is 0 Å². The van der Waals surface area contributed by atoms with Crippen LogP contribution in [0.4, 0.5) is 5.95 Å². The first-order valence-corrected chi connectivity index (χ1v) is 2.60. The number of aliphatic hydroxyl groups is 1. The van der Waals surface area contributed by atoms with Crippen molar-refractivity contribution in [3.63, 3.8) is 0 Å². The van der Waals surface area contributed by atoms with Crippen LogP contribution >= 0.6 is 0 Å². The Bertz CT molecular complexity index is 184. The molecule has 9 heavy (non-hydrogen) atoms. The lowest BCUT2D eigenvalue weighted by molar-refractivity contribution is 0.297. The second-order valence-electron chi connectivity index (χ2n) is 1.61. The monoisotopic (exact) mass is 128 g/mol. The highest BCUT2D eigenvalue weighted by Crippen LogP contribution is 1.91. The predicted molar refractivity (Wildman–Crippen MR) is 31.6 cm³/mol. The van der Waals surface area contributed by atoms with Gasteiger partial charge in [-0.15, -0.1) is 5.10 Å². The lowest BCUT2D eigenvalue weighted by Gasteiger charge is -1.84. The van der Waals surface area contributed by atoms with Gasteiger partial charge in [-0.25, -0.2) is 0 Å². The summed E-state index contributed by atoms with van der Waals surface area (Å²) in [5.41, 5.74) is 5.17. The van der Waals surface area contributed by atoms with Crippen LogP contribution in [-0.2, 0) is 6.42 Å². The highest BCUT2D eigenvalue weighted by molar-refractivity contribution is 5.12. The third-order valence-electron chi connectivity index (χ3n) is 0.898. The molecule has 0 unspecified atom stereocenters. The highest BCUT2D eigenvalue weighted by Gasteiger charge is 1.95. The molecular weight excluding hydrogens is 120 g/mol. The van der Waals surface area contributed by atoms with Gasteiger partial charge in [0.15, 0.2) is 0 Å². The summed E-state index contributed by atoms with van der Waals surface area (Å²) in [5, 5.41) is 14.5. The number of aliphatic hydroxyl groups excluding tert-OH is 1. The maximum atomic E-state index is 8.40. The van der Waals surface area contributed by atoms with Crippen LogP contribution in [0.25, 0.3) is 0 Å². The normalized spacial score (nSPS) is 9.89. The van der Waals surface area contributed by atoms with E-state index in [4.69, 9.17) is 10.8 Å². The minimum atomic E-state index is 0.0641. The summed E-state index contributed by atoms with van der Waals surface area (Å²) in [5.74, 6) is 0.841. The first-order chi connectivity index (χ1) is 4.33. The van der Waals surface area contributed by atoms with Crippen molar-refractivity contribution in [1.29, 1.82) is 0 Å². The third-order valence-corrected chi connectivity index (χ3v) is 0.898.